The van der Waals surface area contributed by atoms with E-state index in [0.717, 1.165) is 64.2 Å². The first-order valence-electron chi connectivity index (χ1n) is 31.8. The summed E-state index contributed by atoms with van der Waals surface area (Å²) in [6, 6.07) is 0. The third-order valence-corrected chi connectivity index (χ3v) is 14.0. The largest absolute Gasteiger partial charge is 0.462 e. The average Bonchev–Trinajstić information content (AvgIpc) is 3.39. The number of allylic oxidation sites excluding steroid dienone is 10. The first-order valence-corrected chi connectivity index (χ1v) is 31.8. The fraction of sp³-hybridized carbons (Fsp3) is 0.806. The number of carbonyl (C=O) groups is 3. The highest BCUT2D eigenvalue weighted by Gasteiger charge is 2.19. The first-order chi connectivity index (χ1) is 36.0. The Morgan fingerprint density at radius 1 is 0.274 bits per heavy atom. The molecule has 0 spiro atoms. The van der Waals surface area contributed by atoms with Crippen LogP contribution in [0.1, 0.15) is 329 Å². The van der Waals surface area contributed by atoms with Gasteiger partial charge in [-0.1, -0.05) is 287 Å². The van der Waals surface area contributed by atoms with E-state index in [1.807, 2.05) is 0 Å². The SMILES string of the molecule is CCCCC/C=C\C/C=C\C/C=C\C/C=C\CCCC(=O)OC[C@H](COC(=O)CCCCCCCCC/C=C\CCCCCCCC)OC(=O)CCCCCCCCCCCCCCCCCCCCCCC. The molecule has 0 aliphatic rings. The van der Waals surface area contributed by atoms with Gasteiger partial charge in [-0.15, -0.1) is 0 Å². The molecule has 0 aromatic carbocycles. The van der Waals surface area contributed by atoms with Gasteiger partial charge in [0.05, 0.1) is 0 Å². The number of hydrogen-bond acceptors (Lipinski definition) is 6. The molecule has 0 aromatic heterocycles. The van der Waals surface area contributed by atoms with E-state index in [1.54, 1.807) is 0 Å². The monoisotopic (exact) mass is 1020 g/mol. The first kappa shape index (κ1) is 70.1. The normalized spacial score (nSPS) is 12.4. The number of hydrogen-bond donors (Lipinski definition) is 0. The molecule has 0 heterocycles. The molecule has 0 bridgehead atoms. The summed E-state index contributed by atoms with van der Waals surface area (Å²) in [5, 5.41) is 0. The van der Waals surface area contributed by atoms with Gasteiger partial charge in [-0.2, -0.15) is 0 Å². The Kier molecular flexibility index (Phi) is 59.2. The molecule has 0 fully saturated rings. The van der Waals surface area contributed by atoms with Crippen LogP contribution >= 0.6 is 0 Å². The maximum atomic E-state index is 12.9. The second kappa shape index (κ2) is 61.7. The lowest BCUT2D eigenvalue weighted by Gasteiger charge is -2.18. The van der Waals surface area contributed by atoms with Gasteiger partial charge in [0.15, 0.2) is 6.10 Å². The minimum atomic E-state index is -0.797. The molecular formula is C67H120O6. The van der Waals surface area contributed by atoms with Gasteiger partial charge in [-0.3, -0.25) is 14.4 Å². The van der Waals surface area contributed by atoms with E-state index in [2.05, 4.69) is 81.5 Å². The van der Waals surface area contributed by atoms with E-state index in [4.69, 9.17) is 14.2 Å². The molecule has 0 saturated carbocycles. The number of ether oxygens (including phenoxy) is 3. The lowest BCUT2D eigenvalue weighted by molar-refractivity contribution is -0.167. The van der Waals surface area contributed by atoms with Crippen LogP contribution in [0.25, 0.3) is 0 Å². The van der Waals surface area contributed by atoms with Crippen LogP contribution in [0.15, 0.2) is 60.8 Å². The molecule has 1 atom stereocenters. The van der Waals surface area contributed by atoms with Gasteiger partial charge in [0.1, 0.15) is 13.2 Å². The molecule has 424 valence electrons. The van der Waals surface area contributed by atoms with Crippen LogP contribution in [0.3, 0.4) is 0 Å². The summed E-state index contributed by atoms with van der Waals surface area (Å²) in [7, 11) is 0. The summed E-state index contributed by atoms with van der Waals surface area (Å²) >= 11 is 0. The Hall–Kier alpha value is -2.89. The summed E-state index contributed by atoms with van der Waals surface area (Å²) in [5.74, 6) is -0.935. The molecule has 73 heavy (non-hydrogen) atoms. The molecule has 0 N–H and O–H groups in total. The molecule has 0 rings (SSSR count). The van der Waals surface area contributed by atoms with E-state index in [-0.39, 0.29) is 37.5 Å². The standard InChI is InChI=1S/C67H120O6/c1-4-7-10-13-16-19-22-25-28-31-32-33-34-37-40-43-46-49-52-55-58-61-67(70)73-64(62-71-65(68)59-56-53-50-47-44-41-38-35-29-26-23-20-17-14-11-8-5-2)63-72-66(69)60-57-54-51-48-45-42-39-36-30-27-24-21-18-15-12-9-6-3/h17,20,26-27,29-30,38,41,47,50,64H,4-16,18-19,21-25,28,31-37,39-40,42-46,48-49,51-63H2,1-3H3/b20-17-,29-26-,30-27-,41-38-,50-47-/t64-/m1/s1. The van der Waals surface area contributed by atoms with Gasteiger partial charge in [-0.05, 0) is 83.5 Å². The molecule has 0 aliphatic heterocycles. The lowest BCUT2D eigenvalue weighted by atomic mass is 10.0. The number of esters is 3. The molecule has 6 nitrogen and oxygen atoms in total. The molecule has 0 amide bonds. The average molecular weight is 1020 g/mol. The number of carbonyl (C=O) groups excluding carboxylic acids is 3. The Morgan fingerprint density at radius 3 is 0.863 bits per heavy atom. The molecule has 0 unspecified atom stereocenters. The topological polar surface area (TPSA) is 78.9 Å². The van der Waals surface area contributed by atoms with Crippen LogP contribution < -0.4 is 0 Å². The van der Waals surface area contributed by atoms with Gasteiger partial charge in [0.2, 0.25) is 0 Å². The van der Waals surface area contributed by atoms with Gasteiger partial charge in [0, 0.05) is 19.3 Å². The van der Waals surface area contributed by atoms with Crippen LogP contribution in [-0.4, -0.2) is 37.2 Å². The summed E-state index contributed by atoms with van der Waals surface area (Å²) in [4.78, 5) is 38.3. The number of rotatable bonds is 58. The van der Waals surface area contributed by atoms with Crippen LogP contribution in [0.5, 0.6) is 0 Å². The molecule has 0 saturated heterocycles. The van der Waals surface area contributed by atoms with Crippen molar-refractivity contribution >= 4 is 17.9 Å². The van der Waals surface area contributed by atoms with Crippen LogP contribution in [0.2, 0.25) is 0 Å². The van der Waals surface area contributed by atoms with Crippen molar-refractivity contribution in [2.24, 2.45) is 0 Å². The minimum Gasteiger partial charge on any atom is -0.462 e. The summed E-state index contributed by atoms with van der Waals surface area (Å²) < 4.78 is 16.9. The van der Waals surface area contributed by atoms with Gasteiger partial charge >= 0.3 is 17.9 Å². The summed E-state index contributed by atoms with van der Waals surface area (Å²) in [5.41, 5.74) is 0. The lowest BCUT2D eigenvalue weighted by Crippen LogP contribution is -2.30. The van der Waals surface area contributed by atoms with E-state index < -0.39 is 6.10 Å². The highest BCUT2D eigenvalue weighted by atomic mass is 16.6. The highest BCUT2D eigenvalue weighted by Crippen LogP contribution is 2.17. The minimum absolute atomic E-state index is 0.0905. The molecule has 0 aliphatic carbocycles. The molecule has 0 aromatic rings. The number of unbranched alkanes of at least 4 members (excludes halogenated alkanes) is 37. The summed E-state index contributed by atoms with van der Waals surface area (Å²) in [6.07, 6.45) is 78.0. The van der Waals surface area contributed by atoms with Crippen molar-refractivity contribution in [3.63, 3.8) is 0 Å². The van der Waals surface area contributed by atoms with Crippen LogP contribution in [-0.2, 0) is 28.6 Å². The maximum absolute atomic E-state index is 12.9. The van der Waals surface area contributed by atoms with Crippen molar-refractivity contribution in [2.75, 3.05) is 13.2 Å². The Labute approximate surface area is 453 Å². The fourth-order valence-corrected chi connectivity index (χ4v) is 9.20. The van der Waals surface area contributed by atoms with Crippen molar-refractivity contribution < 1.29 is 28.6 Å². The van der Waals surface area contributed by atoms with Gasteiger partial charge in [-0.25, -0.2) is 0 Å². The third kappa shape index (κ3) is 59.9. The van der Waals surface area contributed by atoms with Crippen molar-refractivity contribution in [1.29, 1.82) is 0 Å². The Morgan fingerprint density at radius 2 is 0.507 bits per heavy atom. The Balaban J connectivity index is 4.41. The molecular weight excluding hydrogens is 901 g/mol. The van der Waals surface area contributed by atoms with Crippen molar-refractivity contribution in [1.82, 2.24) is 0 Å². The second-order valence-electron chi connectivity index (χ2n) is 21.3. The Bertz CT molecular complexity index is 1310. The van der Waals surface area contributed by atoms with Crippen molar-refractivity contribution in [2.45, 2.75) is 335 Å². The van der Waals surface area contributed by atoms with Crippen molar-refractivity contribution in [3.8, 4) is 0 Å². The van der Waals surface area contributed by atoms with E-state index in [0.29, 0.717) is 19.3 Å². The molecule has 6 heteroatoms. The van der Waals surface area contributed by atoms with Gasteiger partial charge in [0.25, 0.3) is 0 Å². The quantitative estimate of drug-likeness (QED) is 0.0261. The van der Waals surface area contributed by atoms with Crippen molar-refractivity contribution in [3.05, 3.63) is 60.8 Å². The van der Waals surface area contributed by atoms with E-state index in [9.17, 15) is 14.4 Å². The second-order valence-corrected chi connectivity index (χ2v) is 21.3. The van der Waals surface area contributed by atoms with E-state index >= 15 is 0 Å². The summed E-state index contributed by atoms with van der Waals surface area (Å²) in [6.45, 7) is 6.61. The predicted molar refractivity (Wildman–Crippen MR) is 316 cm³/mol. The zero-order valence-electron chi connectivity index (χ0n) is 48.7. The zero-order valence-corrected chi connectivity index (χ0v) is 48.7. The van der Waals surface area contributed by atoms with E-state index in [1.165, 1.54) is 218 Å². The fourth-order valence-electron chi connectivity index (χ4n) is 9.20. The van der Waals surface area contributed by atoms with Crippen LogP contribution in [0, 0.1) is 0 Å². The smallest absolute Gasteiger partial charge is 0.306 e. The predicted octanol–water partition coefficient (Wildman–Crippen LogP) is 21.6. The van der Waals surface area contributed by atoms with Crippen LogP contribution in [0.4, 0.5) is 0 Å². The van der Waals surface area contributed by atoms with Gasteiger partial charge < -0.3 is 14.2 Å². The highest BCUT2D eigenvalue weighted by molar-refractivity contribution is 5.71. The maximum Gasteiger partial charge on any atom is 0.306 e. The zero-order chi connectivity index (χ0) is 52.9. The molecule has 0 radical (unpaired) electrons. The third-order valence-electron chi connectivity index (χ3n) is 14.0.